The number of aromatic nitrogens is 2. The van der Waals surface area contributed by atoms with Crippen LogP contribution in [0.15, 0.2) is 49.2 Å². The van der Waals surface area contributed by atoms with Crippen LogP contribution in [0.25, 0.3) is 0 Å². The Balaban J connectivity index is 1.69. The first-order chi connectivity index (χ1) is 14.5. The van der Waals surface area contributed by atoms with Crippen molar-refractivity contribution in [3.05, 3.63) is 66.3 Å². The second-order valence-corrected chi connectivity index (χ2v) is 8.28. The molecular weight excluding hydrogens is 404 g/mol. The smallest absolute Gasteiger partial charge is 0.410 e. The van der Waals surface area contributed by atoms with Gasteiger partial charge in [-0.1, -0.05) is 54.7 Å². The van der Waals surface area contributed by atoms with Gasteiger partial charge in [0, 0.05) is 41.7 Å². The van der Waals surface area contributed by atoms with Gasteiger partial charge in [0.2, 0.25) is 11.0 Å². The maximum atomic E-state index is 12.6. The number of hydrogen-bond donors (Lipinski definition) is 2. The highest BCUT2D eigenvalue weighted by Crippen LogP contribution is 2.32. The number of rotatable bonds is 8. The van der Waals surface area contributed by atoms with Crippen LogP contribution in [0.2, 0.25) is 0 Å². The van der Waals surface area contributed by atoms with Crippen LogP contribution < -0.4 is 5.73 Å². The van der Waals surface area contributed by atoms with Crippen molar-refractivity contribution >= 4 is 28.9 Å². The van der Waals surface area contributed by atoms with E-state index in [2.05, 4.69) is 16.5 Å². The Morgan fingerprint density at radius 3 is 2.80 bits per heavy atom. The Kier molecular flexibility index (Phi) is 7.29. The Morgan fingerprint density at radius 1 is 1.33 bits per heavy atom. The summed E-state index contributed by atoms with van der Waals surface area (Å²) in [6, 6.07) is 8.91. The molecular formula is C21H24N4O4S. The third kappa shape index (κ3) is 5.73. The second kappa shape index (κ2) is 10.1. The highest BCUT2D eigenvalue weighted by Gasteiger charge is 2.38. The number of ether oxygens (including phenoxy) is 1. The first-order valence-electron chi connectivity index (χ1n) is 9.57. The molecule has 3 rings (SSSR count). The number of carbonyl (C=O) groups is 3. The number of carbonyl (C=O) groups excluding carboxylic acids is 3. The highest BCUT2D eigenvalue weighted by atomic mass is 32.2. The number of likely N-dealkylation sites (tertiary alicyclic amines) is 1. The minimum absolute atomic E-state index is 0.0223. The summed E-state index contributed by atoms with van der Waals surface area (Å²) in [5.41, 5.74) is 6.63. The van der Waals surface area contributed by atoms with Gasteiger partial charge in [-0.2, -0.15) is 0 Å². The standard InChI is InChI=1S/C21H24N4O4S/c1-2-8-29-21(28)25-13-17(30-20(27)14-6-4-3-5-7-14)10-16(25)9-15-12-23-19(24-15)11-18(22)26/h2-7,12,16-17H,1,8-11,13H2,(H2,22,26)(H,23,24). The first kappa shape index (κ1) is 21.6. The molecule has 8 nitrogen and oxygen atoms in total. The van der Waals surface area contributed by atoms with Gasteiger partial charge < -0.3 is 20.4 Å². The number of primary amides is 1. The van der Waals surface area contributed by atoms with E-state index in [0.29, 0.717) is 30.8 Å². The molecule has 1 fully saturated rings. The molecule has 2 amide bonds. The molecule has 30 heavy (non-hydrogen) atoms. The van der Waals surface area contributed by atoms with Gasteiger partial charge in [0.25, 0.3) is 0 Å². The van der Waals surface area contributed by atoms with Crippen molar-refractivity contribution in [1.82, 2.24) is 14.9 Å². The SMILES string of the molecule is C=CCOC(=O)N1CC(SC(=O)c2ccccc2)CC1Cc1cnc(CC(N)=O)[nH]1. The Labute approximate surface area is 178 Å². The van der Waals surface area contributed by atoms with Crippen molar-refractivity contribution in [1.29, 1.82) is 0 Å². The van der Waals surface area contributed by atoms with E-state index in [4.69, 9.17) is 10.5 Å². The third-order valence-corrected chi connectivity index (χ3v) is 5.82. The average Bonchev–Trinajstić information content (AvgIpc) is 3.33. The molecule has 2 atom stereocenters. The van der Waals surface area contributed by atoms with Crippen LogP contribution in [-0.2, 0) is 22.4 Å². The van der Waals surface area contributed by atoms with Crippen LogP contribution in [0.1, 0.15) is 28.3 Å². The predicted octanol–water partition coefficient (Wildman–Crippen LogP) is 2.32. The molecule has 0 saturated carbocycles. The van der Waals surface area contributed by atoms with Gasteiger partial charge in [0.05, 0.1) is 6.42 Å². The molecule has 0 aliphatic carbocycles. The van der Waals surface area contributed by atoms with Gasteiger partial charge in [0.15, 0.2) is 0 Å². The number of nitrogens with one attached hydrogen (secondary N) is 1. The van der Waals surface area contributed by atoms with E-state index in [9.17, 15) is 14.4 Å². The van der Waals surface area contributed by atoms with E-state index >= 15 is 0 Å². The summed E-state index contributed by atoms with van der Waals surface area (Å²) in [5.74, 6) is 0.0174. The molecule has 3 N–H and O–H groups in total. The van der Waals surface area contributed by atoms with Gasteiger partial charge >= 0.3 is 6.09 Å². The zero-order valence-corrected chi connectivity index (χ0v) is 17.3. The molecule has 2 aromatic rings. The summed E-state index contributed by atoms with van der Waals surface area (Å²) < 4.78 is 5.23. The summed E-state index contributed by atoms with van der Waals surface area (Å²) >= 11 is 1.24. The van der Waals surface area contributed by atoms with Crippen LogP contribution in [0.5, 0.6) is 0 Å². The zero-order valence-electron chi connectivity index (χ0n) is 16.5. The molecule has 2 heterocycles. The second-order valence-electron chi connectivity index (χ2n) is 7.00. The monoisotopic (exact) mass is 428 g/mol. The van der Waals surface area contributed by atoms with Crippen molar-refractivity contribution in [2.24, 2.45) is 5.73 Å². The number of aromatic amines is 1. The molecule has 1 aromatic carbocycles. The van der Waals surface area contributed by atoms with Gasteiger partial charge in [-0.3, -0.25) is 9.59 Å². The molecule has 1 saturated heterocycles. The van der Waals surface area contributed by atoms with Crippen molar-refractivity contribution < 1.29 is 19.1 Å². The summed E-state index contributed by atoms with van der Waals surface area (Å²) in [4.78, 5) is 45.1. The fourth-order valence-corrected chi connectivity index (χ4v) is 4.53. The van der Waals surface area contributed by atoms with E-state index in [1.54, 1.807) is 23.2 Å². The maximum Gasteiger partial charge on any atom is 0.410 e. The van der Waals surface area contributed by atoms with E-state index in [-0.39, 0.29) is 29.4 Å². The minimum atomic E-state index is -0.470. The lowest BCUT2D eigenvalue weighted by Gasteiger charge is -2.23. The average molecular weight is 429 g/mol. The summed E-state index contributed by atoms with van der Waals surface area (Å²) in [6.07, 6.45) is 3.88. The van der Waals surface area contributed by atoms with E-state index in [1.165, 1.54) is 17.8 Å². The molecule has 9 heteroatoms. The normalized spacial score (nSPS) is 18.2. The molecule has 2 unspecified atom stereocenters. The van der Waals surface area contributed by atoms with Gasteiger partial charge in [-0.15, -0.1) is 0 Å². The van der Waals surface area contributed by atoms with E-state index < -0.39 is 12.0 Å². The molecule has 158 valence electrons. The summed E-state index contributed by atoms with van der Waals surface area (Å²) in [7, 11) is 0. The molecule has 0 bridgehead atoms. The summed E-state index contributed by atoms with van der Waals surface area (Å²) in [6.45, 7) is 4.09. The molecule has 0 radical (unpaired) electrons. The molecule has 0 spiro atoms. The fraction of sp³-hybridized carbons (Fsp3) is 0.333. The van der Waals surface area contributed by atoms with Crippen molar-refractivity contribution in [3.63, 3.8) is 0 Å². The predicted molar refractivity (Wildman–Crippen MR) is 114 cm³/mol. The van der Waals surface area contributed by atoms with Crippen LogP contribution in [0.4, 0.5) is 4.79 Å². The van der Waals surface area contributed by atoms with Crippen molar-refractivity contribution in [2.45, 2.75) is 30.6 Å². The number of amides is 2. The lowest BCUT2D eigenvalue weighted by atomic mass is 10.1. The Morgan fingerprint density at radius 2 is 2.10 bits per heavy atom. The lowest BCUT2D eigenvalue weighted by molar-refractivity contribution is -0.117. The lowest BCUT2D eigenvalue weighted by Crippen LogP contribution is -2.37. The van der Waals surface area contributed by atoms with Gasteiger partial charge in [-0.05, 0) is 6.42 Å². The third-order valence-electron chi connectivity index (χ3n) is 4.70. The zero-order chi connectivity index (χ0) is 21.5. The maximum absolute atomic E-state index is 12.6. The van der Waals surface area contributed by atoms with Crippen LogP contribution >= 0.6 is 11.8 Å². The van der Waals surface area contributed by atoms with Crippen LogP contribution in [-0.4, -0.2) is 56.4 Å². The number of imidazole rings is 1. The molecule has 1 aromatic heterocycles. The van der Waals surface area contributed by atoms with Gasteiger partial charge in [0.1, 0.15) is 12.4 Å². The number of hydrogen-bond acceptors (Lipinski definition) is 6. The number of nitrogens with two attached hydrogens (primary N) is 1. The summed E-state index contributed by atoms with van der Waals surface area (Å²) in [5, 5.41) is -0.0713. The number of H-pyrrole nitrogens is 1. The van der Waals surface area contributed by atoms with Crippen molar-refractivity contribution in [2.75, 3.05) is 13.2 Å². The molecule has 1 aliphatic rings. The topological polar surface area (TPSA) is 118 Å². The number of benzene rings is 1. The number of nitrogens with zero attached hydrogens (tertiary/aromatic N) is 2. The Bertz CT molecular complexity index is 915. The van der Waals surface area contributed by atoms with Crippen LogP contribution in [0, 0.1) is 0 Å². The van der Waals surface area contributed by atoms with Gasteiger partial charge in [-0.25, -0.2) is 9.78 Å². The minimum Gasteiger partial charge on any atom is -0.445 e. The van der Waals surface area contributed by atoms with Crippen LogP contribution in [0.3, 0.4) is 0 Å². The Hall–Kier alpha value is -3.07. The molecule has 1 aliphatic heterocycles. The fourth-order valence-electron chi connectivity index (χ4n) is 3.40. The van der Waals surface area contributed by atoms with E-state index in [0.717, 1.165) is 5.69 Å². The van der Waals surface area contributed by atoms with E-state index in [1.807, 2.05) is 18.2 Å². The number of thioether (sulfide) groups is 1. The van der Waals surface area contributed by atoms with Crippen molar-refractivity contribution in [3.8, 4) is 0 Å². The largest absolute Gasteiger partial charge is 0.445 e. The quantitative estimate of drug-likeness (QED) is 0.623. The first-order valence-corrected chi connectivity index (χ1v) is 10.5. The highest BCUT2D eigenvalue weighted by molar-refractivity contribution is 8.14.